The summed E-state index contributed by atoms with van der Waals surface area (Å²) in [4.78, 5) is 19.2. The molecule has 0 radical (unpaired) electrons. The van der Waals surface area contributed by atoms with E-state index in [0.29, 0.717) is 11.3 Å². The second kappa shape index (κ2) is 8.09. The van der Waals surface area contributed by atoms with E-state index >= 15 is 0 Å². The van der Waals surface area contributed by atoms with E-state index in [9.17, 15) is 18.0 Å². The van der Waals surface area contributed by atoms with E-state index in [1.165, 1.54) is 13.1 Å². The summed E-state index contributed by atoms with van der Waals surface area (Å²) in [5, 5.41) is 2.62. The molecule has 0 spiro atoms. The summed E-state index contributed by atoms with van der Waals surface area (Å²) in [6.07, 6.45) is 1.18. The lowest BCUT2D eigenvalue weighted by Crippen LogP contribution is -2.35. The molecule has 2 atom stereocenters. The minimum atomic E-state index is -2.62. The van der Waals surface area contributed by atoms with Gasteiger partial charge in [0, 0.05) is 18.9 Å². The number of carbonyl (C=O) groups excluding carboxylic acids is 1. The SMILES string of the molecule is CC(=O)N[C@@H](C)COc1ncc2nc(-c3ccc(OC[C@H]4CC4(F)F)cc3)oc2c1F. The van der Waals surface area contributed by atoms with Crippen molar-refractivity contribution in [1.82, 2.24) is 15.3 Å². The maximum atomic E-state index is 14.7. The molecule has 1 aliphatic carbocycles. The van der Waals surface area contributed by atoms with Crippen LogP contribution in [0, 0.1) is 11.7 Å². The van der Waals surface area contributed by atoms with E-state index in [1.54, 1.807) is 31.2 Å². The highest BCUT2D eigenvalue weighted by Crippen LogP contribution is 2.48. The monoisotopic (exact) mass is 435 g/mol. The van der Waals surface area contributed by atoms with Gasteiger partial charge >= 0.3 is 0 Å². The average molecular weight is 435 g/mol. The van der Waals surface area contributed by atoms with Crippen LogP contribution in [0.25, 0.3) is 22.6 Å². The van der Waals surface area contributed by atoms with E-state index in [2.05, 4.69) is 15.3 Å². The van der Waals surface area contributed by atoms with E-state index < -0.39 is 17.7 Å². The molecule has 2 heterocycles. The van der Waals surface area contributed by atoms with Crippen molar-refractivity contribution >= 4 is 17.0 Å². The van der Waals surface area contributed by atoms with Crippen LogP contribution >= 0.6 is 0 Å². The van der Waals surface area contributed by atoms with Crippen LogP contribution < -0.4 is 14.8 Å². The van der Waals surface area contributed by atoms with Crippen LogP contribution in [-0.2, 0) is 4.79 Å². The average Bonchev–Trinajstić information content (AvgIpc) is 3.11. The predicted molar refractivity (Wildman–Crippen MR) is 105 cm³/mol. The Bertz CT molecular complexity index is 1100. The smallest absolute Gasteiger partial charge is 0.255 e. The largest absolute Gasteiger partial charge is 0.493 e. The number of nitrogens with zero attached hydrogens (tertiary/aromatic N) is 2. The number of oxazole rings is 1. The Hall–Kier alpha value is -3.30. The Balaban J connectivity index is 1.45. The summed E-state index contributed by atoms with van der Waals surface area (Å²) in [5.41, 5.74) is 0.663. The summed E-state index contributed by atoms with van der Waals surface area (Å²) >= 11 is 0. The second-order valence-electron chi connectivity index (χ2n) is 7.52. The van der Waals surface area contributed by atoms with Gasteiger partial charge in [0.25, 0.3) is 11.8 Å². The zero-order valence-electron chi connectivity index (χ0n) is 16.8. The lowest BCUT2D eigenvalue weighted by Gasteiger charge is -2.13. The van der Waals surface area contributed by atoms with E-state index in [4.69, 9.17) is 13.9 Å². The van der Waals surface area contributed by atoms with Gasteiger partial charge < -0.3 is 19.2 Å². The number of rotatable bonds is 8. The van der Waals surface area contributed by atoms with E-state index in [0.717, 1.165) is 0 Å². The van der Waals surface area contributed by atoms with E-state index in [-0.39, 0.29) is 54.5 Å². The van der Waals surface area contributed by atoms with Crippen molar-refractivity contribution in [2.45, 2.75) is 32.2 Å². The number of halogens is 3. The van der Waals surface area contributed by atoms with Crippen molar-refractivity contribution in [3.05, 3.63) is 36.3 Å². The summed E-state index contributed by atoms with van der Waals surface area (Å²) in [7, 11) is 0. The fraction of sp³-hybridized carbons (Fsp3) is 0.381. The van der Waals surface area contributed by atoms with Gasteiger partial charge in [0.2, 0.25) is 17.6 Å². The number of hydrogen-bond donors (Lipinski definition) is 1. The van der Waals surface area contributed by atoms with Crippen LogP contribution in [-0.4, -0.2) is 41.1 Å². The fourth-order valence-electron chi connectivity index (χ4n) is 3.01. The van der Waals surface area contributed by atoms with Gasteiger partial charge in [-0.3, -0.25) is 4.79 Å². The van der Waals surface area contributed by atoms with Gasteiger partial charge in [0.05, 0.1) is 24.8 Å². The van der Waals surface area contributed by atoms with Gasteiger partial charge in [-0.05, 0) is 31.2 Å². The topological polar surface area (TPSA) is 86.5 Å². The zero-order valence-corrected chi connectivity index (χ0v) is 16.8. The van der Waals surface area contributed by atoms with E-state index in [1.807, 2.05) is 0 Å². The van der Waals surface area contributed by atoms with Gasteiger partial charge in [-0.2, -0.15) is 4.39 Å². The van der Waals surface area contributed by atoms with Crippen molar-refractivity contribution in [2.75, 3.05) is 13.2 Å². The molecule has 0 aliphatic heterocycles. The maximum absolute atomic E-state index is 14.7. The number of pyridine rings is 1. The predicted octanol–water partition coefficient (Wildman–Crippen LogP) is 3.97. The first-order valence-corrected chi connectivity index (χ1v) is 9.69. The summed E-state index contributed by atoms with van der Waals surface area (Å²) in [6, 6.07) is 6.17. The molecule has 1 amide bonds. The molecule has 0 saturated heterocycles. The third kappa shape index (κ3) is 4.73. The third-order valence-electron chi connectivity index (χ3n) is 4.77. The first kappa shape index (κ1) is 21.0. The zero-order chi connectivity index (χ0) is 22.2. The molecule has 4 rings (SSSR count). The molecule has 31 heavy (non-hydrogen) atoms. The van der Waals surface area contributed by atoms with Gasteiger partial charge in [0.15, 0.2) is 5.58 Å². The van der Waals surface area contributed by atoms with Crippen molar-refractivity contribution in [3.8, 4) is 23.1 Å². The second-order valence-corrected chi connectivity index (χ2v) is 7.52. The fourth-order valence-corrected chi connectivity index (χ4v) is 3.01. The minimum absolute atomic E-state index is 0.0320. The molecule has 2 aromatic heterocycles. The van der Waals surface area contributed by atoms with Crippen LogP contribution in [0.15, 0.2) is 34.9 Å². The number of amides is 1. The lowest BCUT2D eigenvalue weighted by atomic mass is 10.2. The molecular weight excluding hydrogens is 415 g/mol. The van der Waals surface area contributed by atoms with Crippen LogP contribution in [0.3, 0.4) is 0 Å². The number of ether oxygens (including phenoxy) is 2. The molecule has 1 fully saturated rings. The molecule has 1 N–H and O–H groups in total. The van der Waals surface area contributed by atoms with Crippen LogP contribution in [0.5, 0.6) is 11.6 Å². The summed E-state index contributed by atoms with van der Waals surface area (Å²) in [6.45, 7) is 3.08. The first-order valence-electron chi connectivity index (χ1n) is 9.69. The van der Waals surface area contributed by atoms with Crippen LogP contribution in [0.4, 0.5) is 13.2 Å². The molecule has 10 heteroatoms. The standard InChI is InChI=1S/C21H20F3N3O4/c1-11(26-12(2)28)9-30-20-17(22)18-16(8-25-20)27-19(31-18)13-3-5-15(6-4-13)29-10-14-7-21(14,23)24/h3-6,8,11,14H,7,9-10H2,1-2H3,(H,26,28)/t11-,14+/m0/s1. The molecule has 164 valence electrons. The highest BCUT2D eigenvalue weighted by molar-refractivity contribution is 5.77. The number of nitrogens with one attached hydrogen (secondary N) is 1. The number of fused-ring (bicyclic) bond motifs is 1. The molecule has 0 unspecified atom stereocenters. The molecular formula is C21H20F3N3O4. The van der Waals surface area contributed by atoms with Gasteiger partial charge in [-0.25, -0.2) is 18.7 Å². The van der Waals surface area contributed by atoms with Crippen molar-refractivity contribution < 1.29 is 31.9 Å². The number of alkyl halides is 2. The molecule has 1 aliphatic rings. The molecule has 1 aromatic carbocycles. The Kier molecular flexibility index (Phi) is 5.47. The molecule has 3 aromatic rings. The maximum Gasteiger partial charge on any atom is 0.255 e. The third-order valence-corrected chi connectivity index (χ3v) is 4.77. The van der Waals surface area contributed by atoms with Gasteiger partial charge in [-0.1, -0.05) is 0 Å². The lowest BCUT2D eigenvalue weighted by molar-refractivity contribution is -0.119. The number of benzene rings is 1. The van der Waals surface area contributed by atoms with Gasteiger partial charge in [0.1, 0.15) is 17.9 Å². The van der Waals surface area contributed by atoms with Gasteiger partial charge in [-0.15, -0.1) is 0 Å². The normalized spacial score (nSPS) is 17.9. The first-order chi connectivity index (χ1) is 14.7. The highest BCUT2D eigenvalue weighted by Gasteiger charge is 2.57. The molecule has 1 saturated carbocycles. The minimum Gasteiger partial charge on any atom is -0.493 e. The summed E-state index contributed by atoms with van der Waals surface area (Å²) in [5.74, 6) is -4.02. The summed E-state index contributed by atoms with van der Waals surface area (Å²) < 4.78 is 56.9. The number of aromatic nitrogens is 2. The Morgan fingerprint density at radius 3 is 2.68 bits per heavy atom. The van der Waals surface area contributed by atoms with Crippen molar-refractivity contribution in [3.63, 3.8) is 0 Å². The number of hydrogen-bond acceptors (Lipinski definition) is 6. The highest BCUT2D eigenvalue weighted by atomic mass is 19.3. The van der Waals surface area contributed by atoms with Crippen LogP contribution in [0.1, 0.15) is 20.3 Å². The molecule has 0 bridgehead atoms. The van der Waals surface area contributed by atoms with Crippen molar-refractivity contribution in [2.24, 2.45) is 5.92 Å². The quantitative estimate of drug-likeness (QED) is 0.576. The van der Waals surface area contributed by atoms with Crippen LogP contribution in [0.2, 0.25) is 0 Å². The molecule has 7 nitrogen and oxygen atoms in total. The van der Waals surface area contributed by atoms with Crippen molar-refractivity contribution in [1.29, 1.82) is 0 Å². The Morgan fingerprint density at radius 1 is 1.32 bits per heavy atom. The Labute approximate surface area is 175 Å². The Morgan fingerprint density at radius 2 is 2.03 bits per heavy atom. The number of carbonyl (C=O) groups is 1.